The van der Waals surface area contributed by atoms with E-state index in [9.17, 15) is 4.79 Å². The minimum absolute atomic E-state index is 0.0351. The van der Waals surface area contributed by atoms with Crippen LogP contribution in [0.2, 0.25) is 0 Å². The van der Waals surface area contributed by atoms with Crippen LogP contribution in [-0.2, 0) is 11.8 Å². The van der Waals surface area contributed by atoms with Crippen LogP contribution in [0.5, 0.6) is 0 Å². The van der Waals surface area contributed by atoms with Crippen molar-refractivity contribution in [3.8, 4) is 0 Å². The molecule has 128 valence electrons. The van der Waals surface area contributed by atoms with Gasteiger partial charge in [0.2, 0.25) is 5.91 Å². The molecule has 0 unspecified atom stereocenters. The number of hydrogen-bond acceptors (Lipinski definition) is 4. The third-order valence-corrected chi connectivity index (χ3v) is 4.93. The number of carbonyl (C=O) groups is 1. The zero-order chi connectivity index (χ0) is 17.4. The van der Waals surface area contributed by atoms with E-state index in [1.54, 1.807) is 10.9 Å². The number of nitrogens with one attached hydrogen (secondary N) is 2. The maximum absolute atomic E-state index is 12.9. The summed E-state index contributed by atoms with van der Waals surface area (Å²) in [6.45, 7) is 3.49. The molecule has 1 amide bonds. The van der Waals surface area contributed by atoms with Gasteiger partial charge in [0.05, 0.1) is 23.3 Å². The summed E-state index contributed by atoms with van der Waals surface area (Å²) in [7, 11) is 1.90. The number of carbonyl (C=O) groups excluding carboxylic acids is 1. The smallest absolute Gasteiger partial charge is 0.229 e. The van der Waals surface area contributed by atoms with E-state index in [1.165, 1.54) is 0 Å². The number of anilines is 1. The Bertz CT molecular complexity index is 932. The monoisotopic (exact) mass is 335 g/mol. The van der Waals surface area contributed by atoms with E-state index in [2.05, 4.69) is 20.7 Å². The number of aromatic nitrogens is 3. The average Bonchev–Trinajstić information content (AvgIpc) is 3.26. The van der Waals surface area contributed by atoms with Crippen molar-refractivity contribution in [2.45, 2.75) is 12.8 Å². The SMILES string of the molecule is Cc1ccc(NC(=O)[C@H]2CNC[C@@H]2c2cnn(C)c2)c2cccnc12. The summed E-state index contributed by atoms with van der Waals surface area (Å²) >= 11 is 0. The fourth-order valence-corrected chi connectivity index (χ4v) is 3.58. The van der Waals surface area contributed by atoms with Crippen LogP contribution in [0, 0.1) is 12.8 Å². The van der Waals surface area contributed by atoms with E-state index in [0.717, 1.165) is 34.3 Å². The molecule has 2 atom stereocenters. The van der Waals surface area contributed by atoms with E-state index in [-0.39, 0.29) is 17.7 Å². The lowest BCUT2D eigenvalue weighted by Crippen LogP contribution is -2.28. The molecule has 0 bridgehead atoms. The van der Waals surface area contributed by atoms with Gasteiger partial charge in [-0.25, -0.2) is 0 Å². The maximum atomic E-state index is 12.9. The molecule has 3 aromatic rings. The first kappa shape index (κ1) is 15.8. The third-order valence-electron chi connectivity index (χ3n) is 4.93. The Morgan fingerprint density at radius 3 is 3.00 bits per heavy atom. The Kier molecular flexibility index (Phi) is 3.97. The van der Waals surface area contributed by atoms with E-state index >= 15 is 0 Å². The Labute approximate surface area is 146 Å². The molecule has 4 rings (SSSR count). The highest BCUT2D eigenvalue weighted by Crippen LogP contribution is 2.30. The molecule has 3 heterocycles. The van der Waals surface area contributed by atoms with Gasteiger partial charge in [0.25, 0.3) is 0 Å². The summed E-state index contributed by atoms with van der Waals surface area (Å²) in [5, 5.41) is 11.7. The van der Waals surface area contributed by atoms with Crippen molar-refractivity contribution < 1.29 is 4.79 Å². The Balaban J connectivity index is 1.61. The minimum atomic E-state index is -0.114. The second-order valence-electron chi connectivity index (χ2n) is 6.64. The lowest BCUT2D eigenvalue weighted by atomic mass is 9.90. The van der Waals surface area contributed by atoms with E-state index in [4.69, 9.17) is 0 Å². The standard InChI is InChI=1S/C19H21N5O/c1-12-5-6-17(14-4-3-7-21-18(12)14)23-19(25)16-10-20-9-15(16)13-8-22-24(2)11-13/h3-8,11,15-16,20H,9-10H2,1-2H3,(H,23,25)/t15-,16+/m1/s1. The number of nitrogens with zero attached hydrogens (tertiary/aromatic N) is 3. The third kappa shape index (κ3) is 2.89. The summed E-state index contributed by atoms with van der Waals surface area (Å²) < 4.78 is 1.78. The summed E-state index contributed by atoms with van der Waals surface area (Å²) in [6, 6.07) is 7.85. The highest BCUT2D eigenvalue weighted by atomic mass is 16.2. The number of benzene rings is 1. The zero-order valence-corrected chi connectivity index (χ0v) is 14.4. The van der Waals surface area contributed by atoms with Crippen LogP contribution >= 0.6 is 0 Å². The topological polar surface area (TPSA) is 71.8 Å². The van der Waals surface area contributed by atoms with E-state index in [1.807, 2.05) is 50.6 Å². The Morgan fingerprint density at radius 2 is 2.20 bits per heavy atom. The van der Waals surface area contributed by atoms with Crippen LogP contribution in [0.15, 0.2) is 42.9 Å². The molecular formula is C19H21N5O. The summed E-state index contributed by atoms with van der Waals surface area (Å²) in [5.41, 5.74) is 3.94. The molecule has 0 radical (unpaired) electrons. The number of amides is 1. The van der Waals surface area contributed by atoms with Gasteiger partial charge >= 0.3 is 0 Å². The zero-order valence-electron chi connectivity index (χ0n) is 14.4. The first-order valence-electron chi connectivity index (χ1n) is 8.48. The van der Waals surface area contributed by atoms with Crippen molar-refractivity contribution in [1.29, 1.82) is 0 Å². The van der Waals surface area contributed by atoms with Gasteiger partial charge in [0, 0.05) is 43.8 Å². The van der Waals surface area contributed by atoms with Crippen molar-refractivity contribution >= 4 is 22.5 Å². The molecule has 1 aliphatic heterocycles. The molecule has 1 saturated heterocycles. The minimum Gasteiger partial charge on any atom is -0.325 e. The first-order chi connectivity index (χ1) is 12.1. The maximum Gasteiger partial charge on any atom is 0.229 e. The quantitative estimate of drug-likeness (QED) is 0.770. The fourth-order valence-electron chi connectivity index (χ4n) is 3.58. The average molecular weight is 335 g/mol. The molecule has 6 nitrogen and oxygen atoms in total. The largest absolute Gasteiger partial charge is 0.325 e. The summed E-state index contributed by atoms with van der Waals surface area (Å²) in [5.74, 6) is 0.0635. The van der Waals surface area contributed by atoms with Crippen molar-refractivity contribution in [3.05, 3.63) is 54.0 Å². The van der Waals surface area contributed by atoms with E-state index in [0.29, 0.717) is 6.54 Å². The Morgan fingerprint density at radius 1 is 1.32 bits per heavy atom. The van der Waals surface area contributed by atoms with Crippen molar-refractivity contribution in [2.24, 2.45) is 13.0 Å². The lowest BCUT2D eigenvalue weighted by molar-refractivity contribution is -0.119. The molecule has 0 spiro atoms. The molecule has 6 heteroatoms. The number of pyridine rings is 1. The molecular weight excluding hydrogens is 314 g/mol. The second kappa shape index (κ2) is 6.29. The molecule has 0 aliphatic carbocycles. The highest BCUT2D eigenvalue weighted by Gasteiger charge is 2.34. The normalized spacial score (nSPS) is 20.1. The van der Waals surface area contributed by atoms with Crippen LogP contribution in [-0.4, -0.2) is 33.8 Å². The van der Waals surface area contributed by atoms with Gasteiger partial charge in [-0.3, -0.25) is 14.5 Å². The highest BCUT2D eigenvalue weighted by molar-refractivity contribution is 6.03. The van der Waals surface area contributed by atoms with Gasteiger partial charge in [-0.1, -0.05) is 6.07 Å². The van der Waals surface area contributed by atoms with Gasteiger partial charge in [0.1, 0.15) is 0 Å². The molecule has 1 aromatic carbocycles. The lowest BCUT2D eigenvalue weighted by Gasteiger charge is -2.18. The van der Waals surface area contributed by atoms with Gasteiger partial charge in [0.15, 0.2) is 0 Å². The Hall–Kier alpha value is -2.73. The number of fused-ring (bicyclic) bond motifs is 1. The van der Waals surface area contributed by atoms with Gasteiger partial charge in [-0.15, -0.1) is 0 Å². The van der Waals surface area contributed by atoms with Crippen LogP contribution in [0.3, 0.4) is 0 Å². The molecule has 1 aliphatic rings. The van der Waals surface area contributed by atoms with Gasteiger partial charge in [-0.2, -0.15) is 5.10 Å². The second-order valence-corrected chi connectivity index (χ2v) is 6.64. The first-order valence-corrected chi connectivity index (χ1v) is 8.48. The van der Waals surface area contributed by atoms with Crippen molar-refractivity contribution in [3.63, 3.8) is 0 Å². The van der Waals surface area contributed by atoms with Crippen LogP contribution in [0.1, 0.15) is 17.0 Å². The van der Waals surface area contributed by atoms with Crippen molar-refractivity contribution in [1.82, 2.24) is 20.1 Å². The predicted octanol–water partition coefficient (Wildman–Crippen LogP) is 2.22. The fraction of sp³-hybridized carbons (Fsp3) is 0.316. The number of rotatable bonds is 3. The van der Waals surface area contributed by atoms with Crippen LogP contribution in [0.4, 0.5) is 5.69 Å². The van der Waals surface area contributed by atoms with Gasteiger partial charge < -0.3 is 10.6 Å². The van der Waals surface area contributed by atoms with Crippen LogP contribution in [0.25, 0.3) is 10.9 Å². The molecule has 1 fully saturated rings. The molecule has 0 saturated carbocycles. The summed E-state index contributed by atoms with van der Waals surface area (Å²) in [4.78, 5) is 17.4. The molecule has 25 heavy (non-hydrogen) atoms. The predicted molar refractivity (Wildman–Crippen MR) is 97.4 cm³/mol. The van der Waals surface area contributed by atoms with Crippen LogP contribution < -0.4 is 10.6 Å². The van der Waals surface area contributed by atoms with Gasteiger partial charge in [-0.05, 0) is 36.2 Å². The molecule has 2 aromatic heterocycles. The summed E-state index contributed by atoms with van der Waals surface area (Å²) in [6.07, 6.45) is 5.62. The number of aryl methyl sites for hydroxylation is 2. The molecule has 2 N–H and O–H groups in total. The number of hydrogen-bond donors (Lipinski definition) is 2. The van der Waals surface area contributed by atoms with E-state index < -0.39 is 0 Å². The van der Waals surface area contributed by atoms with Crippen molar-refractivity contribution in [2.75, 3.05) is 18.4 Å².